The third-order valence-corrected chi connectivity index (χ3v) is 6.79. The highest BCUT2D eigenvalue weighted by Crippen LogP contribution is 2.23. The van der Waals surface area contributed by atoms with Gasteiger partial charge in [0.15, 0.2) is 5.13 Å². The minimum absolute atomic E-state index is 0.0825. The van der Waals surface area contributed by atoms with Crippen molar-refractivity contribution in [1.82, 2.24) is 20.1 Å². The van der Waals surface area contributed by atoms with Crippen LogP contribution in [0.3, 0.4) is 0 Å². The Labute approximate surface area is 191 Å². The molecule has 1 aromatic heterocycles. The molecule has 1 saturated heterocycles. The van der Waals surface area contributed by atoms with Gasteiger partial charge < -0.3 is 15.5 Å². The normalized spacial score (nSPS) is 23.2. The Balaban J connectivity index is 1.39. The van der Waals surface area contributed by atoms with Gasteiger partial charge in [0.2, 0.25) is 0 Å². The van der Waals surface area contributed by atoms with Gasteiger partial charge >= 0.3 is 0 Å². The van der Waals surface area contributed by atoms with Gasteiger partial charge in [-0.05, 0) is 20.9 Å². The maximum Gasteiger partial charge on any atom is 0.267 e. The number of thiazole rings is 1. The second kappa shape index (κ2) is 9.56. The van der Waals surface area contributed by atoms with E-state index in [2.05, 4.69) is 42.4 Å². The Hall–Kier alpha value is -2.14. The molecule has 0 radical (unpaired) electrons. The van der Waals surface area contributed by atoms with Gasteiger partial charge in [-0.2, -0.15) is 0 Å². The molecule has 1 aromatic rings. The fourth-order valence-electron chi connectivity index (χ4n) is 3.73. The molecular weight excluding hydrogens is 436 g/mol. The number of aromatic nitrogens is 1. The van der Waals surface area contributed by atoms with E-state index in [0.29, 0.717) is 40.1 Å². The number of dihydropyridines is 1. The average molecular weight is 463 g/mol. The number of anilines is 1. The lowest BCUT2D eigenvalue weighted by Crippen LogP contribution is -2.50. The molecule has 0 aromatic carbocycles. The summed E-state index contributed by atoms with van der Waals surface area (Å²) in [6.07, 6.45) is 2.98. The summed E-state index contributed by atoms with van der Waals surface area (Å²) in [5, 5.41) is 7.42. The van der Waals surface area contributed by atoms with Crippen molar-refractivity contribution in [2.75, 3.05) is 45.1 Å². The third kappa shape index (κ3) is 5.38. The summed E-state index contributed by atoms with van der Waals surface area (Å²) >= 11 is 7.55. The topological polar surface area (TPSA) is 97.6 Å². The van der Waals surface area contributed by atoms with E-state index in [-0.39, 0.29) is 12.1 Å². The highest BCUT2D eigenvalue weighted by Gasteiger charge is 2.26. The molecule has 1 fully saturated rings. The van der Waals surface area contributed by atoms with Crippen molar-refractivity contribution in [3.05, 3.63) is 21.8 Å². The number of nitrogens with zero attached hydrogens (tertiary/aromatic N) is 6. The van der Waals surface area contributed by atoms with Gasteiger partial charge in [0.05, 0.1) is 17.6 Å². The first kappa shape index (κ1) is 22.1. The predicted molar refractivity (Wildman–Crippen MR) is 127 cm³/mol. The van der Waals surface area contributed by atoms with Crippen molar-refractivity contribution in [1.29, 1.82) is 0 Å². The first-order valence-electron chi connectivity index (χ1n) is 10.4. The number of amidine groups is 2. The largest absolute Gasteiger partial charge is 0.320 e. The number of allylic oxidation sites excluding steroid dienone is 1. The Bertz CT molecular complexity index is 974. The van der Waals surface area contributed by atoms with Crippen LogP contribution in [0.2, 0.25) is 0 Å². The predicted octanol–water partition coefficient (Wildman–Crippen LogP) is 2.39. The molecular formula is C20H27ClN8OS. The summed E-state index contributed by atoms with van der Waals surface area (Å²) in [6.45, 7) is 8.48. The van der Waals surface area contributed by atoms with Crippen molar-refractivity contribution >= 4 is 51.4 Å². The van der Waals surface area contributed by atoms with Crippen LogP contribution in [0.25, 0.3) is 0 Å². The summed E-state index contributed by atoms with van der Waals surface area (Å²) in [7, 11) is 2.14. The van der Waals surface area contributed by atoms with Gasteiger partial charge in [-0.25, -0.2) is 9.98 Å². The molecule has 0 aliphatic carbocycles. The smallest absolute Gasteiger partial charge is 0.267 e. The molecule has 11 heteroatoms. The summed E-state index contributed by atoms with van der Waals surface area (Å²) in [5.41, 5.74) is 1.34. The number of hydrogen-bond donors (Lipinski definition) is 2. The quantitative estimate of drug-likeness (QED) is 0.716. The molecule has 0 saturated carbocycles. The third-order valence-electron chi connectivity index (χ3n) is 5.50. The molecule has 1 amide bonds. The zero-order valence-electron chi connectivity index (χ0n) is 18.0. The number of piperazine rings is 1. The van der Waals surface area contributed by atoms with Gasteiger partial charge in [-0.15, -0.1) is 0 Å². The van der Waals surface area contributed by atoms with Gasteiger partial charge in [-0.1, -0.05) is 22.9 Å². The average Bonchev–Trinajstić information content (AvgIpc) is 3.19. The van der Waals surface area contributed by atoms with E-state index in [1.807, 2.05) is 13.8 Å². The molecule has 4 heterocycles. The number of hydrogen-bond acceptors (Lipinski definition) is 9. The minimum Gasteiger partial charge on any atom is -0.320 e. The monoisotopic (exact) mass is 462 g/mol. The lowest BCUT2D eigenvalue weighted by molar-refractivity contribution is 0.0971. The summed E-state index contributed by atoms with van der Waals surface area (Å²) in [6, 6.07) is 0. The molecule has 0 spiro atoms. The first-order chi connectivity index (χ1) is 14.9. The number of halogens is 1. The number of likely N-dealkylation sites (N-methyl/N-ethyl adjacent to an activating group) is 1. The molecule has 1 atom stereocenters. The second-order valence-corrected chi connectivity index (χ2v) is 9.35. The molecule has 3 aliphatic rings. The van der Waals surface area contributed by atoms with E-state index >= 15 is 0 Å². The second-order valence-electron chi connectivity index (χ2n) is 7.86. The lowest BCUT2D eigenvalue weighted by Gasteiger charge is -2.37. The van der Waals surface area contributed by atoms with Crippen LogP contribution in [-0.4, -0.2) is 84.0 Å². The number of carbonyl (C=O) groups is 1. The van der Waals surface area contributed by atoms with Crippen LogP contribution in [0, 0.1) is 0 Å². The van der Waals surface area contributed by atoms with E-state index < -0.39 is 0 Å². The van der Waals surface area contributed by atoms with Crippen molar-refractivity contribution in [3.63, 3.8) is 0 Å². The number of nitrogens with one attached hydrogen (secondary N) is 2. The van der Waals surface area contributed by atoms with E-state index in [9.17, 15) is 4.79 Å². The summed E-state index contributed by atoms with van der Waals surface area (Å²) in [5.74, 6) is 1.33. The van der Waals surface area contributed by atoms with Gasteiger partial charge in [0, 0.05) is 50.6 Å². The zero-order valence-corrected chi connectivity index (χ0v) is 19.6. The minimum atomic E-state index is -0.242. The lowest BCUT2D eigenvalue weighted by atomic mass is 10.2. The van der Waals surface area contributed by atoms with Crippen molar-refractivity contribution < 1.29 is 4.79 Å². The van der Waals surface area contributed by atoms with Crippen LogP contribution in [0.5, 0.6) is 0 Å². The summed E-state index contributed by atoms with van der Waals surface area (Å²) in [4.78, 5) is 35.9. The van der Waals surface area contributed by atoms with Crippen LogP contribution in [0.4, 0.5) is 5.13 Å². The highest BCUT2D eigenvalue weighted by molar-refractivity contribution is 7.17. The van der Waals surface area contributed by atoms with Gasteiger partial charge in [0.1, 0.15) is 22.7 Å². The van der Waals surface area contributed by atoms with E-state index in [1.54, 1.807) is 6.20 Å². The summed E-state index contributed by atoms with van der Waals surface area (Å²) < 4.78 is 0. The SMILES string of the molecule is CC1=NC(N2CCN(C)CC2)CC(Nc2ncc(C(=O)NC3=C(Cl)CCN=C3C)s2)=N1. The van der Waals surface area contributed by atoms with Crippen LogP contribution in [0.1, 0.15) is 36.4 Å². The Morgan fingerprint density at radius 3 is 2.77 bits per heavy atom. The van der Waals surface area contributed by atoms with Crippen molar-refractivity contribution in [2.24, 2.45) is 15.0 Å². The molecule has 0 bridgehead atoms. The number of rotatable bonds is 4. The zero-order chi connectivity index (χ0) is 22.0. The van der Waals surface area contributed by atoms with Crippen LogP contribution in [0.15, 0.2) is 31.9 Å². The van der Waals surface area contributed by atoms with E-state index in [1.165, 1.54) is 11.3 Å². The molecule has 31 heavy (non-hydrogen) atoms. The highest BCUT2D eigenvalue weighted by atomic mass is 35.5. The van der Waals surface area contributed by atoms with Crippen LogP contribution in [-0.2, 0) is 0 Å². The number of amides is 1. The maximum atomic E-state index is 12.7. The Kier molecular flexibility index (Phi) is 6.80. The first-order valence-corrected chi connectivity index (χ1v) is 11.6. The maximum absolute atomic E-state index is 12.7. The fraction of sp³-hybridized carbons (Fsp3) is 0.550. The van der Waals surface area contributed by atoms with Crippen molar-refractivity contribution in [2.45, 2.75) is 32.9 Å². The van der Waals surface area contributed by atoms with E-state index in [0.717, 1.165) is 43.6 Å². The molecule has 4 rings (SSSR count). The number of aliphatic imine (C=N–C) groups is 3. The number of carbonyl (C=O) groups excluding carboxylic acids is 1. The molecule has 2 N–H and O–H groups in total. The van der Waals surface area contributed by atoms with Crippen LogP contribution >= 0.6 is 22.9 Å². The molecule has 166 valence electrons. The molecule has 1 unspecified atom stereocenters. The molecule has 9 nitrogen and oxygen atoms in total. The van der Waals surface area contributed by atoms with Gasteiger partial charge in [0.25, 0.3) is 5.91 Å². The van der Waals surface area contributed by atoms with E-state index in [4.69, 9.17) is 16.6 Å². The fourth-order valence-corrected chi connectivity index (χ4v) is 4.73. The molecule has 3 aliphatic heterocycles. The Morgan fingerprint density at radius 2 is 2.03 bits per heavy atom. The van der Waals surface area contributed by atoms with Gasteiger partial charge in [-0.3, -0.25) is 19.7 Å². The standard InChI is InChI=1S/C20H27ClN8OS/c1-12-18(14(21)4-5-22-12)27-19(30)15-11-23-20(31-15)26-16-10-17(25-13(2)24-16)29-8-6-28(3)7-9-29/h11,17H,4-10H2,1-3H3,(H,27,30)(H,23,24,25,26). The van der Waals surface area contributed by atoms with Crippen LogP contribution < -0.4 is 10.6 Å². The van der Waals surface area contributed by atoms with Crippen molar-refractivity contribution in [3.8, 4) is 0 Å². The Morgan fingerprint density at radius 1 is 1.26 bits per heavy atom.